The number of carbonyl (C=O) groups excluding carboxylic acids is 2. The third kappa shape index (κ3) is 2.51. The van der Waals surface area contributed by atoms with E-state index in [9.17, 15) is 14.7 Å². The summed E-state index contributed by atoms with van der Waals surface area (Å²) in [5.74, 6) is 1.35. The van der Waals surface area contributed by atoms with Gasteiger partial charge in [-0.25, -0.2) is 0 Å². The van der Waals surface area contributed by atoms with Crippen molar-refractivity contribution >= 4 is 11.8 Å². The first-order valence-corrected chi connectivity index (χ1v) is 10.0. The van der Waals surface area contributed by atoms with Gasteiger partial charge in [0, 0.05) is 18.3 Å². The van der Waals surface area contributed by atoms with Crippen molar-refractivity contribution in [2.75, 3.05) is 0 Å². The number of hydrogen-bond donors (Lipinski definition) is 1. The van der Waals surface area contributed by atoms with Gasteiger partial charge in [0.15, 0.2) is 5.78 Å². The first-order valence-electron chi connectivity index (χ1n) is 10.0. The maximum Gasteiger partial charge on any atom is 0.305 e. The van der Waals surface area contributed by atoms with Crippen LogP contribution in [0.25, 0.3) is 0 Å². The summed E-state index contributed by atoms with van der Waals surface area (Å²) in [5, 5.41) is 11.5. The van der Waals surface area contributed by atoms with Crippen LogP contribution < -0.4 is 0 Å². The molecule has 138 valence electrons. The Morgan fingerprint density at radius 1 is 1.20 bits per heavy atom. The topological polar surface area (TPSA) is 63.6 Å². The van der Waals surface area contributed by atoms with E-state index in [1.54, 1.807) is 6.08 Å². The molecule has 0 aromatic heterocycles. The van der Waals surface area contributed by atoms with Crippen LogP contribution in [-0.4, -0.2) is 28.6 Å². The molecular weight excluding hydrogens is 316 g/mol. The number of aliphatic hydroxyl groups is 1. The van der Waals surface area contributed by atoms with Crippen molar-refractivity contribution < 1.29 is 19.4 Å². The fourth-order valence-corrected chi connectivity index (χ4v) is 6.57. The van der Waals surface area contributed by atoms with Gasteiger partial charge < -0.3 is 9.84 Å². The summed E-state index contributed by atoms with van der Waals surface area (Å²) >= 11 is 0. The van der Waals surface area contributed by atoms with Crippen LogP contribution in [0.1, 0.15) is 71.6 Å². The molecule has 1 N–H and O–H groups in total. The number of hydrogen-bond acceptors (Lipinski definition) is 4. The molecule has 4 rings (SSSR count). The zero-order valence-electron chi connectivity index (χ0n) is 15.4. The van der Waals surface area contributed by atoms with E-state index >= 15 is 0 Å². The number of ether oxygens (including phenoxy) is 1. The van der Waals surface area contributed by atoms with Crippen LogP contribution in [0.4, 0.5) is 0 Å². The van der Waals surface area contributed by atoms with E-state index in [0.29, 0.717) is 31.1 Å². The van der Waals surface area contributed by atoms with Crippen LogP contribution in [0.3, 0.4) is 0 Å². The first kappa shape index (κ1) is 17.3. The number of esters is 1. The van der Waals surface area contributed by atoms with Crippen LogP contribution in [-0.2, 0) is 14.3 Å². The quantitative estimate of drug-likeness (QED) is 0.777. The van der Waals surface area contributed by atoms with Gasteiger partial charge in [0.05, 0.1) is 5.60 Å². The SMILES string of the molecule is CCC(=O)OC1CCC2C3CCC4=CC(=O)CCC4(O)C3CCC12C. The average molecular weight is 346 g/mol. The molecule has 0 bridgehead atoms. The highest BCUT2D eigenvalue weighted by molar-refractivity contribution is 5.92. The van der Waals surface area contributed by atoms with Gasteiger partial charge in [0.2, 0.25) is 0 Å². The molecule has 0 aromatic carbocycles. The molecule has 4 heteroatoms. The van der Waals surface area contributed by atoms with Gasteiger partial charge in [-0.2, -0.15) is 0 Å². The Hall–Kier alpha value is -1.16. The van der Waals surface area contributed by atoms with Crippen molar-refractivity contribution in [2.24, 2.45) is 23.2 Å². The van der Waals surface area contributed by atoms with E-state index in [1.165, 1.54) is 0 Å². The van der Waals surface area contributed by atoms with E-state index in [2.05, 4.69) is 6.92 Å². The lowest BCUT2D eigenvalue weighted by Gasteiger charge is -2.56. The van der Waals surface area contributed by atoms with Crippen molar-refractivity contribution in [1.82, 2.24) is 0 Å². The van der Waals surface area contributed by atoms with Crippen LogP contribution in [0.5, 0.6) is 0 Å². The highest BCUT2D eigenvalue weighted by Gasteiger charge is 2.60. The Bertz CT molecular complexity index is 623. The molecule has 4 aliphatic rings. The van der Waals surface area contributed by atoms with Gasteiger partial charge in [-0.05, 0) is 74.3 Å². The fraction of sp³-hybridized carbons (Fsp3) is 0.810. The van der Waals surface area contributed by atoms with Gasteiger partial charge in [0.25, 0.3) is 0 Å². The predicted molar refractivity (Wildman–Crippen MR) is 93.7 cm³/mol. The van der Waals surface area contributed by atoms with Gasteiger partial charge in [-0.15, -0.1) is 0 Å². The Balaban J connectivity index is 1.59. The molecule has 0 aliphatic heterocycles. The van der Waals surface area contributed by atoms with E-state index < -0.39 is 5.60 Å². The second-order valence-electron chi connectivity index (χ2n) is 8.93. The van der Waals surface area contributed by atoms with Gasteiger partial charge in [-0.3, -0.25) is 9.59 Å². The number of carbonyl (C=O) groups is 2. The normalized spacial score (nSPS) is 45.9. The maximum atomic E-state index is 11.8. The van der Waals surface area contributed by atoms with Crippen molar-refractivity contribution in [1.29, 1.82) is 0 Å². The Morgan fingerprint density at radius 2 is 2.00 bits per heavy atom. The van der Waals surface area contributed by atoms with Crippen LogP contribution in [0, 0.1) is 23.2 Å². The molecule has 0 aromatic rings. The fourth-order valence-electron chi connectivity index (χ4n) is 6.57. The van der Waals surface area contributed by atoms with Gasteiger partial charge >= 0.3 is 5.97 Å². The van der Waals surface area contributed by atoms with E-state index in [4.69, 9.17) is 4.74 Å². The summed E-state index contributed by atoms with van der Waals surface area (Å²) in [4.78, 5) is 23.6. The Morgan fingerprint density at radius 3 is 2.76 bits per heavy atom. The average Bonchev–Trinajstić information content (AvgIpc) is 2.92. The maximum absolute atomic E-state index is 11.8. The summed E-state index contributed by atoms with van der Waals surface area (Å²) in [6.45, 7) is 4.15. The second kappa shape index (κ2) is 5.94. The molecule has 0 amide bonds. The summed E-state index contributed by atoms with van der Waals surface area (Å²) in [6.07, 6.45) is 9.19. The minimum atomic E-state index is -0.768. The monoisotopic (exact) mass is 346 g/mol. The molecule has 6 atom stereocenters. The third-order valence-electron chi connectivity index (χ3n) is 7.92. The zero-order chi connectivity index (χ0) is 17.8. The summed E-state index contributed by atoms with van der Waals surface area (Å²) in [7, 11) is 0. The van der Waals surface area contributed by atoms with Crippen molar-refractivity contribution in [3.63, 3.8) is 0 Å². The minimum absolute atomic E-state index is 0.0328. The standard InChI is InChI=1S/C21H30O4/c1-3-19(23)25-18-7-6-16-15-5-4-13-12-14(22)8-11-21(13,24)17(15)9-10-20(16,18)2/h12,15-18,24H,3-11H2,1-2H3. The smallest absolute Gasteiger partial charge is 0.305 e. The van der Waals surface area contributed by atoms with Gasteiger partial charge in [-0.1, -0.05) is 13.8 Å². The van der Waals surface area contributed by atoms with E-state index in [-0.39, 0.29) is 29.2 Å². The molecular formula is C21H30O4. The van der Waals surface area contributed by atoms with Crippen molar-refractivity contribution in [2.45, 2.75) is 83.3 Å². The third-order valence-corrected chi connectivity index (χ3v) is 7.92. The molecule has 6 unspecified atom stereocenters. The highest BCUT2D eigenvalue weighted by atomic mass is 16.5. The minimum Gasteiger partial charge on any atom is -0.462 e. The number of rotatable bonds is 2. The Labute approximate surface area is 150 Å². The van der Waals surface area contributed by atoms with Crippen LogP contribution in [0.15, 0.2) is 11.6 Å². The zero-order valence-corrected chi connectivity index (χ0v) is 15.4. The first-order chi connectivity index (χ1) is 11.9. The summed E-state index contributed by atoms with van der Waals surface area (Å²) in [6, 6.07) is 0. The number of fused-ring (bicyclic) bond motifs is 5. The largest absolute Gasteiger partial charge is 0.462 e. The summed E-state index contributed by atoms with van der Waals surface area (Å²) < 4.78 is 5.80. The molecule has 3 fully saturated rings. The van der Waals surface area contributed by atoms with E-state index in [1.807, 2.05) is 6.92 Å². The molecule has 0 spiro atoms. The lowest BCUT2D eigenvalue weighted by atomic mass is 9.50. The van der Waals surface area contributed by atoms with Crippen molar-refractivity contribution in [3.8, 4) is 0 Å². The van der Waals surface area contributed by atoms with Crippen LogP contribution >= 0.6 is 0 Å². The lowest BCUT2D eigenvalue weighted by Crippen LogP contribution is -2.56. The second-order valence-corrected chi connectivity index (χ2v) is 8.93. The number of ketones is 1. The lowest BCUT2D eigenvalue weighted by molar-refractivity contribution is -0.162. The predicted octanol–water partition coefficient (Wildman–Crippen LogP) is 3.56. The molecule has 4 nitrogen and oxygen atoms in total. The van der Waals surface area contributed by atoms with Gasteiger partial charge in [0.1, 0.15) is 6.10 Å². The van der Waals surface area contributed by atoms with E-state index in [0.717, 1.165) is 44.1 Å². The van der Waals surface area contributed by atoms with Crippen molar-refractivity contribution in [3.05, 3.63) is 11.6 Å². The molecule has 4 aliphatic carbocycles. The highest BCUT2D eigenvalue weighted by Crippen LogP contribution is 2.63. The molecule has 0 heterocycles. The molecule has 25 heavy (non-hydrogen) atoms. The summed E-state index contributed by atoms with van der Waals surface area (Å²) in [5.41, 5.74) is 0.269. The molecule has 0 radical (unpaired) electrons. The molecule has 0 saturated heterocycles. The molecule has 3 saturated carbocycles. The Kier molecular flexibility index (Phi) is 4.10. The van der Waals surface area contributed by atoms with Crippen LogP contribution in [0.2, 0.25) is 0 Å².